The molecule has 1 aromatic heterocycles. The maximum absolute atomic E-state index is 13.9. The average molecular weight is 486 g/mol. The second-order valence-corrected chi connectivity index (χ2v) is 9.48. The number of nitrogens with one attached hydrogen (secondary N) is 1. The van der Waals surface area contributed by atoms with Crippen molar-refractivity contribution in [2.75, 3.05) is 13.7 Å². The molecule has 2 amide bonds. The minimum Gasteiger partial charge on any atom is -0.496 e. The van der Waals surface area contributed by atoms with Crippen LogP contribution < -0.4 is 4.74 Å². The second-order valence-electron chi connectivity index (χ2n) is 9.05. The quantitative estimate of drug-likeness (QED) is 0.455. The highest BCUT2D eigenvalue weighted by atomic mass is 35.5. The summed E-state index contributed by atoms with van der Waals surface area (Å²) in [7, 11) is 1.61. The summed E-state index contributed by atoms with van der Waals surface area (Å²) in [5.41, 5.74) is 4.78. The van der Waals surface area contributed by atoms with Crippen LogP contribution in [0.2, 0.25) is 5.02 Å². The molecule has 4 aromatic rings. The van der Waals surface area contributed by atoms with Crippen molar-refractivity contribution in [1.29, 1.82) is 0 Å². The molecule has 0 saturated carbocycles. The Morgan fingerprint density at radius 3 is 2.66 bits per heavy atom. The molecule has 2 aliphatic heterocycles. The number of hydrogen-bond acceptors (Lipinski definition) is 3. The number of aromatic nitrogens is 1. The largest absolute Gasteiger partial charge is 0.496 e. The van der Waals surface area contributed by atoms with Gasteiger partial charge in [-0.25, -0.2) is 0 Å². The van der Waals surface area contributed by atoms with E-state index in [1.807, 2.05) is 66.7 Å². The second kappa shape index (κ2) is 8.47. The lowest BCUT2D eigenvalue weighted by Crippen LogP contribution is -2.62. The number of amides is 2. The molecule has 1 fully saturated rings. The Morgan fingerprint density at radius 2 is 1.83 bits per heavy atom. The molecule has 3 heterocycles. The lowest BCUT2D eigenvalue weighted by atomic mass is 9.86. The molecule has 3 aromatic carbocycles. The fourth-order valence-electron chi connectivity index (χ4n) is 5.52. The van der Waals surface area contributed by atoms with Crippen molar-refractivity contribution in [1.82, 2.24) is 14.8 Å². The highest BCUT2D eigenvalue weighted by Gasteiger charge is 2.48. The first kappa shape index (κ1) is 21.7. The Labute approximate surface area is 208 Å². The van der Waals surface area contributed by atoms with Crippen molar-refractivity contribution in [3.8, 4) is 5.75 Å². The number of carbonyl (C=O) groups excluding carboxylic acids is 2. The van der Waals surface area contributed by atoms with Crippen LogP contribution in [0.25, 0.3) is 10.9 Å². The standard InChI is InChI=1S/C28H24ClN3O3/c1-35-24-12-5-2-7-18(24)15-31-16-25(33)32-23(28(31)34)14-21-20-10-3-4-11-22(20)30-26(21)27(32)17-8-6-9-19(29)13-17/h2-13,23,27,30H,14-16H2,1H3/t23-,27-/m0/s1. The maximum Gasteiger partial charge on any atom is 0.246 e. The first-order valence-electron chi connectivity index (χ1n) is 11.6. The number of nitrogens with zero attached hydrogens (tertiary/aromatic N) is 2. The van der Waals surface area contributed by atoms with Crippen LogP contribution in [0.5, 0.6) is 5.75 Å². The molecule has 1 saturated heterocycles. The van der Waals surface area contributed by atoms with Crippen LogP contribution in [0, 0.1) is 0 Å². The first-order chi connectivity index (χ1) is 17.0. The summed E-state index contributed by atoms with van der Waals surface area (Å²) in [6.45, 7) is 0.335. The van der Waals surface area contributed by atoms with Gasteiger partial charge in [-0.3, -0.25) is 9.59 Å². The summed E-state index contributed by atoms with van der Waals surface area (Å²) in [5, 5.41) is 1.67. The molecule has 6 nitrogen and oxygen atoms in total. The summed E-state index contributed by atoms with van der Waals surface area (Å²) in [5.74, 6) is 0.562. The number of H-pyrrole nitrogens is 1. The van der Waals surface area contributed by atoms with Gasteiger partial charge in [0.25, 0.3) is 0 Å². The molecule has 176 valence electrons. The number of carbonyl (C=O) groups is 2. The molecule has 0 aliphatic carbocycles. The van der Waals surface area contributed by atoms with E-state index in [1.54, 1.807) is 16.9 Å². The Hall–Kier alpha value is -3.77. The Balaban J connectivity index is 1.45. The topological polar surface area (TPSA) is 65.6 Å². The average Bonchev–Trinajstić information content (AvgIpc) is 3.24. The number of piperazine rings is 1. The highest BCUT2D eigenvalue weighted by Crippen LogP contribution is 2.43. The predicted molar refractivity (Wildman–Crippen MR) is 134 cm³/mol. The molecule has 1 N–H and O–H groups in total. The summed E-state index contributed by atoms with van der Waals surface area (Å²) >= 11 is 6.35. The van der Waals surface area contributed by atoms with E-state index < -0.39 is 12.1 Å². The first-order valence-corrected chi connectivity index (χ1v) is 12.0. The zero-order valence-corrected chi connectivity index (χ0v) is 20.0. The summed E-state index contributed by atoms with van der Waals surface area (Å²) < 4.78 is 5.48. The van der Waals surface area contributed by atoms with E-state index in [2.05, 4.69) is 11.1 Å². The van der Waals surface area contributed by atoms with Gasteiger partial charge >= 0.3 is 0 Å². The number of para-hydroxylation sites is 2. The molecule has 0 spiro atoms. The van der Waals surface area contributed by atoms with Gasteiger partial charge in [0.15, 0.2) is 0 Å². The molecular formula is C28H24ClN3O3. The lowest BCUT2D eigenvalue weighted by molar-refractivity contribution is -0.159. The predicted octanol–water partition coefficient (Wildman–Crippen LogP) is 4.72. The van der Waals surface area contributed by atoms with Crippen molar-refractivity contribution < 1.29 is 14.3 Å². The Bertz CT molecular complexity index is 1460. The minimum absolute atomic E-state index is 0.0139. The van der Waals surface area contributed by atoms with E-state index in [0.29, 0.717) is 23.7 Å². The molecule has 7 heteroatoms. The monoisotopic (exact) mass is 485 g/mol. The summed E-state index contributed by atoms with van der Waals surface area (Å²) in [6.07, 6.45) is 0.462. The van der Waals surface area contributed by atoms with Gasteiger partial charge in [-0.05, 0) is 35.4 Å². The molecule has 35 heavy (non-hydrogen) atoms. The van der Waals surface area contributed by atoms with Gasteiger partial charge in [0.1, 0.15) is 18.3 Å². The van der Waals surface area contributed by atoms with E-state index in [9.17, 15) is 9.59 Å². The van der Waals surface area contributed by atoms with Gasteiger partial charge in [0.2, 0.25) is 11.8 Å². The van der Waals surface area contributed by atoms with Crippen molar-refractivity contribution in [2.24, 2.45) is 0 Å². The van der Waals surface area contributed by atoms with Crippen LogP contribution in [-0.4, -0.2) is 46.3 Å². The van der Waals surface area contributed by atoms with Gasteiger partial charge in [0, 0.05) is 40.1 Å². The number of rotatable bonds is 4. The zero-order chi connectivity index (χ0) is 24.1. The van der Waals surface area contributed by atoms with Crippen molar-refractivity contribution in [3.05, 3.63) is 100 Å². The van der Waals surface area contributed by atoms with Crippen molar-refractivity contribution in [2.45, 2.75) is 25.0 Å². The van der Waals surface area contributed by atoms with Crippen LogP contribution in [0.4, 0.5) is 0 Å². The van der Waals surface area contributed by atoms with Crippen LogP contribution in [0.3, 0.4) is 0 Å². The van der Waals surface area contributed by atoms with Crippen LogP contribution in [-0.2, 0) is 22.6 Å². The van der Waals surface area contributed by atoms with Gasteiger partial charge in [-0.15, -0.1) is 0 Å². The minimum atomic E-state index is -0.596. The number of fused-ring (bicyclic) bond motifs is 4. The van der Waals surface area contributed by atoms with Crippen molar-refractivity contribution >= 4 is 34.3 Å². The summed E-state index contributed by atoms with van der Waals surface area (Å²) in [6, 6.07) is 22.2. The highest BCUT2D eigenvalue weighted by molar-refractivity contribution is 6.30. The zero-order valence-electron chi connectivity index (χ0n) is 19.2. The summed E-state index contributed by atoms with van der Waals surface area (Å²) in [4.78, 5) is 34.5. The number of methoxy groups -OCH3 is 1. The molecule has 6 rings (SSSR count). The molecule has 0 radical (unpaired) electrons. The van der Waals surface area contributed by atoms with Gasteiger partial charge in [-0.2, -0.15) is 0 Å². The number of hydrogen-bond donors (Lipinski definition) is 1. The number of halogens is 1. The van der Waals surface area contributed by atoms with Crippen LogP contribution in [0.1, 0.15) is 28.4 Å². The molecular weight excluding hydrogens is 462 g/mol. The fourth-order valence-corrected chi connectivity index (χ4v) is 5.72. The lowest BCUT2D eigenvalue weighted by Gasteiger charge is -2.47. The molecule has 2 atom stereocenters. The normalized spacial score (nSPS) is 19.6. The van der Waals surface area contributed by atoms with Crippen molar-refractivity contribution in [3.63, 3.8) is 0 Å². The maximum atomic E-state index is 13.9. The van der Waals surface area contributed by atoms with E-state index in [4.69, 9.17) is 16.3 Å². The van der Waals surface area contributed by atoms with E-state index in [1.165, 1.54) is 0 Å². The molecule has 0 unspecified atom stereocenters. The van der Waals surface area contributed by atoms with E-state index >= 15 is 0 Å². The van der Waals surface area contributed by atoms with E-state index in [0.717, 1.165) is 33.3 Å². The third kappa shape index (κ3) is 3.56. The smallest absolute Gasteiger partial charge is 0.246 e. The number of ether oxygens (including phenoxy) is 1. The van der Waals surface area contributed by atoms with Gasteiger partial charge in [0.05, 0.1) is 13.2 Å². The number of aromatic amines is 1. The fraction of sp³-hybridized carbons (Fsp3) is 0.214. The third-order valence-electron chi connectivity index (χ3n) is 7.06. The molecule has 2 aliphatic rings. The van der Waals surface area contributed by atoms with Crippen LogP contribution in [0.15, 0.2) is 72.8 Å². The number of benzene rings is 3. The Morgan fingerprint density at radius 1 is 1.03 bits per heavy atom. The molecule has 0 bridgehead atoms. The Kier molecular flexibility index (Phi) is 5.26. The van der Waals surface area contributed by atoms with Crippen LogP contribution >= 0.6 is 11.6 Å². The van der Waals surface area contributed by atoms with Gasteiger partial charge in [-0.1, -0.05) is 60.1 Å². The van der Waals surface area contributed by atoms with E-state index in [-0.39, 0.29) is 18.4 Å². The SMILES string of the molecule is COc1ccccc1CN1CC(=O)N2[C@@H](c3cccc(Cl)c3)c3[nH]c4ccccc4c3C[C@H]2C1=O. The third-order valence-corrected chi connectivity index (χ3v) is 7.30. The van der Waals surface area contributed by atoms with Gasteiger partial charge < -0.3 is 19.5 Å².